The van der Waals surface area contributed by atoms with Crippen LogP contribution in [-0.2, 0) is 11.2 Å². The second kappa shape index (κ2) is 4.82. The van der Waals surface area contributed by atoms with E-state index < -0.39 is 6.36 Å². The number of ether oxygens (including phenoxy) is 1. The van der Waals surface area contributed by atoms with Gasteiger partial charge >= 0.3 is 6.36 Å². The minimum atomic E-state index is -4.70. The molecule has 0 heterocycles. The first kappa shape index (κ1) is 11.6. The molecular weight excluding hydrogens is 209 g/mol. The Bertz CT molecular complexity index is 334. The van der Waals surface area contributed by atoms with Crippen molar-refractivity contribution in [3.8, 4) is 5.75 Å². The Labute approximate surface area is 84.7 Å². The van der Waals surface area contributed by atoms with Gasteiger partial charge in [-0.15, -0.1) is 13.2 Å². The highest BCUT2D eigenvalue weighted by Crippen LogP contribution is 2.26. The van der Waals surface area contributed by atoms with Gasteiger partial charge in [-0.2, -0.15) is 0 Å². The molecule has 0 aromatic heterocycles. The summed E-state index contributed by atoms with van der Waals surface area (Å²) in [6.07, 6.45) is -3.62. The molecule has 82 valence electrons. The second-order valence-electron chi connectivity index (χ2n) is 2.86. The Morgan fingerprint density at radius 1 is 1.27 bits per heavy atom. The smallest absolute Gasteiger partial charge is 0.406 e. The molecule has 15 heavy (non-hydrogen) atoms. The van der Waals surface area contributed by atoms with E-state index in [0.29, 0.717) is 11.8 Å². The lowest BCUT2D eigenvalue weighted by Gasteiger charge is -2.12. The van der Waals surface area contributed by atoms with Gasteiger partial charge in [-0.05, 0) is 18.1 Å². The van der Waals surface area contributed by atoms with Gasteiger partial charge in [-0.3, -0.25) is 0 Å². The van der Waals surface area contributed by atoms with Gasteiger partial charge in [-0.1, -0.05) is 18.2 Å². The van der Waals surface area contributed by atoms with Crippen LogP contribution in [0.3, 0.4) is 0 Å². The quantitative estimate of drug-likeness (QED) is 0.726. The molecule has 0 spiro atoms. The van der Waals surface area contributed by atoms with Gasteiger partial charge in [0.15, 0.2) is 0 Å². The molecule has 0 bridgehead atoms. The summed E-state index contributed by atoms with van der Waals surface area (Å²) in [5.74, 6) is -0.244. The van der Waals surface area contributed by atoms with Crippen LogP contribution in [0.25, 0.3) is 0 Å². The van der Waals surface area contributed by atoms with Gasteiger partial charge in [0.05, 0.1) is 0 Å². The monoisotopic (exact) mass is 218 g/mol. The summed E-state index contributed by atoms with van der Waals surface area (Å²) in [4.78, 5) is 10.1. The van der Waals surface area contributed by atoms with Crippen LogP contribution >= 0.6 is 0 Å². The van der Waals surface area contributed by atoms with Crippen LogP contribution in [0.1, 0.15) is 12.0 Å². The third kappa shape index (κ3) is 4.01. The van der Waals surface area contributed by atoms with E-state index in [1.807, 2.05) is 0 Å². The lowest BCUT2D eigenvalue weighted by atomic mass is 10.1. The molecule has 0 aliphatic rings. The van der Waals surface area contributed by atoms with E-state index in [4.69, 9.17) is 0 Å². The standard InChI is InChI=1S/C10H9F3O2/c11-10(12,13)15-9-6-2-1-4-8(9)5-3-7-14/h1-2,4,6-7H,3,5H2. The van der Waals surface area contributed by atoms with Crippen LogP contribution in [0.15, 0.2) is 24.3 Å². The minimum absolute atomic E-state index is 0.179. The number of para-hydroxylation sites is 1. The SMILES string of the molecule is O=CCCc1ccccc1OC(F)(F)F. The summed E-state index contributed by atoms with van der Waals surface area (Å²) < 4.78 is 39.7. The average molecular weight is 218 g/mol. The summed E-state index contributed by atoms with van der Waals surface area (Å²) >= 11 is 0. The van der Waals surface area contributed by atoms with Crippen molar-refractivity contribution < 1.29 is 22.7 Å². The van der Waals surface area contributed by atoms with Crippen molar-refractivity contribution in [2.75, 3.05) is 0 Å². The molecule has 0 N–H and O–H groups in total. The first-order valence-electron chi connectivity index (χ1n) is 4.30. The maximum absolute atomic E-state index is 12.0. The van der Waals surface area contributed by atoms with Crippen LogP contribution in [0, 0.1) is 0 Å². The van der Waals surface area contributed by atoms with E-state index in [1.54, 1.807) is 6.07 Å². The van der Waals surface area contributed by atoms with Gasteiger partial charge < -0.3 is 9.53 Å². The van der Waals surface area contributed by atoms with Crippen LogP contribution < -0.4 is 4.74 Å². The summed E-state index contributed by atoms with van der Waals surface area (Å²) in [5, 5.41) is 0. The van der Waals surface area contributed by atoms with Gasteiger partial charge in [0, 0.05) is 6.42 Å². The molecule has 2 nitrogen and oxygen atoms in total. The third-order valence-electron chi connectivity index (χ3n) is 1.73. The van der Waals surface area contributed by atoms with Crippen molar-refractivity contribution in [2.45, 2.75) is 19.2 Å². The zero-order chi connectivity index (χ0) is 11.3. The van der Waals surface area contributed by atoms with E-state index in [2.05, 4.69) is 4.74 Å². The topological polar surface area (TPSA) is 26.3 Å². The van der Waals surface area contributed by atoms with Crippen molar-refractivity contribution in [1.29, 1.82) is 0 Å². The van der Waals surface area contributed by atoms with E-state index in [-0.39, 0.29) is 18.6 Å². The Kier molecular flexibility index (Phi) is 3.71. The number of aldehydes is 1. The van der Waals surface area contributed by atoms with E-state index in [9.17, 15) is 18.0 Å². The summed E-state index contributed by atoms with van der Waals surface area (Å²) in [7, 11) is 0. The molecule has 5 heteroatoms. The second-order valence-corrected chi connectivity index (χ2v) is 2.86. The summed E-state index contributed by atoms with van der Waals surface area (Å²) in [6, 6.07) is 5.78. The number of alkyl halides is 3. The highest BCUT2D eigenvalue weighted by Gasteiger charge is 2.31. The first-order valence-corrected chi connectivity index (χ1v) is 4.30. The molecule has 0 saturated heterocycles. The fraction of sp³-hybridized carbons (Fsp3) is 0.300. The minimum Gasteiger partial charge on any atom is -0.406 e. The number of rotatable bonds is 4. The highest BCUT2D eigenvalue weighted by molar-refractivity contribution is 5.50. The fourth-order valence-electron chi connectivity index (χ4n) is 1.15. The van der Waals surface area contributed by atoms with Gasteiger partial charge in [0.2, 0.25) is 0 Å². The third-order valence-corrected chi connectivity index (χ3v) is 1.73. The maximum Gasteiger partial charge on any atom is 0.573 e. The molecule has 0 aliphatic carbocycles. The Hall–Kier alpha value is -1.52. The largest absolute Gasteiger partial charge is 0.573 e. The summed E-state index contributed by atoms with van der Waals surface area (Å²) in [6.45, 7) is 0. The zero-order valence-corrected chi connectivity index (χ0v) is 7.75. The number of hydrogen-bond acceptors (Lipinski definition) is 2. The molecule has 1 aromatic carbocycles. The van der Waals surface area contributed by atoms with Crippen LogP contribution in [-0.4, -0.2) is 12.6 Å². The van der Waals surface area contributed by atoms with Crippen LogP contribution in [0.2, 0.25) is 0 Å². The van der Waals surface area contributed by atoms with E-state index in [0.717, 1.165) is 0 Å². The van der Waals surface area contributed by atoms with Crippen molar-refractivity contribution in [2.24, 2.45) is 0 Å². The molecule has 0 atom stereocenters. The summed E-state index contributed by atoms with van der Waals surface area (Å²) in [5.41, 5.74) is 0.377. The van der Waals surface area contributed by atoms with Gasteiger partial charge in [0.25, 0.3) is 0 Å². The lowest BCUT2D eigenvalue weighted by Crippen LogP contribution is -2.18. The number of benzene rings is 1. The average Bonchev–Trinajstić information content (AvgIpc) is 2.14. The van der Waals surface area contributed by atoms with E-state index in [1.165, 1.54) is 18.2 Å². The van der Waals surface area contributed by atoms with Gasteiger partial charge in [-0.25, -0.2) is 0 Å². The maximum atomic E-state index is 12.0. The van der Waals surface area contributed by atoms with Crippen LogP contribution in [0.4, 0.5) is 13.2 Å². The molecule has 0 fully saturated rings. The van der Waals surface area contributed by atoms with Crippen molar-refractivity contribution in [3.63, 3.8) is 0 Å². The van der Waals surface area contributed by atoms with Crippen molar-refractivity contribution in [1.82, 2.24) is 0 Å². The molecule has 1 aromatic rings. The zero-order valence-electron chi connectivity index (χ0n) is 7.75. The number of hydrogen-bond donors (Lipinski definition) is 0. The predicted molar refractivity (Wildman–Crippen MR) is 47.5 cm³/mol. The molecule has 0 amide bonds. The van der Waals surface area contributed by atoms with Crippen LogP contribution in [0.5, 0.6) is 5.75 Å². The normalized spacial score (nSPS) is 11.1. The number of aryl methyl sites for hydroxylation is 1. The molecule has 0 unspecified atom stereocenters. The van der Waals surface area contributed by atoms with Crippen molar-refractivity contribution >= 4 is 6.29 Å². The Morgan fingerprint density at radius 2 is 1.93 bits per heavy atom. The molecule has 1 rings (SSSR count). The molecule has 0 saturated carbocycles. The van der Waals surface area contributed by atoms with Crippen molar-refractivity contribution in [3.05, 3.63) is 29.8 Å². The lowest BCUT2D eigenvalue weighted by molar-refractivity contribution is -0.274. The molecule has 0 radical (unpaired) electrons. The number of carbonyl (C=O) groups excluding carboxylic acids is 1. The Morgan fingerprint density at radius 3 is 2.53 bits per heavy atom. The molecular formula is C10H9F3O2. The first-order chi connectivity index (χ1) is 7.03. The highest BCUT2D eigenvalue weighted by atomic mass is 19.4. The Balaban J connectivity index is 2.81. The van der Waals surface area contributed by atoms with Gasteiger partial charge in [0.1, 0.15) is 12.0 Å². The number of halogens is 3. The predicted octanol–water partition coefficient (Wildman–Crippen LogP) is 2.72. The number of carbonyl (C=O) groups is 1. The van der Waals surface area contributed by atoms with E-state index >= 15 is 0 Å². The fourth-order valence-corrected chi connectivity index (χ4v) is 1.15. The molecule has 0 aliphatic heterocycles.